The molecule has 1 spiro atoms. The fourth-order valence-corrected chi connectivity index (χ4v) is 4.41. The third-order valence-electron chi connectivity index (χ3n) is 5.42. The molecule has 1 heterocycles. The molecule has 0 aromatic carbocycles. The summed E-state index contributed by atoms with van der Waals surface area (Å²) in [4.78, 5) is 16.8. The number of rotatable bonds is 1. The van der Waals surface area contributed by atoms with Gasteiger partial charge in [-0.2, -0.15) is 0 Å². The summed E-state index contributed by atoms with van der Waals surface area (Å²) in [7, 11) is 0. The maximum Gasteiger partial charge on any atom is 0.309 e. The molecular weight excluding hydrogens is 245 g/mol. The van der Waals surface area contributed by atoms with Crippen LogP contribution in [0.25, 0.3) is 0 Å². The number of allylic oxidation sites excluding steroid dienone is 1. The van der Waals surface area contributed by atoms with Crippen molar-refractivity contribution in [3.05, 3.63) is 11.6 Å². The van der Waals surface area contributed by atoms with Crippen LogP contribution < -0.4 is 0 Å². The summed E-state index contributed by atoms with van der Waals surface area (Å²) < 4.78 is 28.8. The topological polar surface area (TPSA) is 55.8 Å². The smallest absolute Gasteiger partial charge is 0.309 e. The van der Waals surface area contributed by atoms with E-state index in [0.717, 1.165) is 12.8 Å². The molecule has 4 nitrogen and oxygen atoms in total. The molecule has 4 heteroatoms. The zero-order valence-corrected chi connectivity index (χ0v) is 11.3. The van der Waals surface area contributed by atoms with Crippen molar-refractivity contribution in [1.82, 2.24) is 0 Å². The number of esters is 1. The molecule has 0 radical (unpaired) electrons. The van der Waals surface area contributed by atoms with Crippen LogP contribution >= 0.6 is 0 Å². The van der Waals surface area contributed by atoms with E-state index < -0.39 is 18.6 Å². The summed E-state index contributed by atoms with van der Waals surface area (Å²) in [5, 5.41) is 9.48. The summed E-state index contributed by atoms with van der Waals surface area (Å²) in [6, 6.07) is 0. The van der Waals surface area contributed by atoms with Gasteiger partial charge >= 0.3 is 5.97 Å². The highest BCUT2D eigenvalue weighted by Gasteiger charge is 2.66. The number of hydrogen-bond donors (Lipinski definition) is 1. The van der Waals surface area contributed by atoms with Crippen LogP contribution in [-0.4, -0.2) is 22.9 Å². The van der Waals surface area contributed by atoms with Crippen molar-refractivity contribution in [3.63, 3.8) is 0 Å². The quantitative estimate of drug-likeness (QED) is 0.262. The van der Waals surface area contributed by atoms with Crippen LogP contribution in [0.3, 0.4) is 0 Å². The van der Waals surface area contributed by atoms with Gasteiger partial charge in [0.25, 0.3) is 0 Å². The van der Waals surface area contributed by atoms with Crippen molar-refractivity contribution in [3.8, 4) is 0 Å². The van der Waals surface area contributed by atoms with Crippen molar-refractivity contribution >= 4 is 5.97 Å². The lowest BCUT2D eigenvalue weighted by molar-refractivity contribution is -0.322. The molecule has 1 saturated carbocycles. The van der Waals surface area contributed by atoms with Gasteiger partial charge in [0.1, 0.15) is 0 Å². The lowest BCUT2D eigenvalue weighted by atomic mass is 9.57. The largest absolute Gasteiger partial charge is 0.455 e. The van der Waals surface area contributed by atoms with Crippen molar-refractivity contribution < 1.29 is 23.8 Å². The van der Waals surface area contributed by atoms with Gasteiger partial charge in [-0.25, -0.2) is 4.89 Å². The monoisotopic (exact) mass is 270 g/mol. The van der Waals surface area contributed by atoms with Crippen LogP contribution in [0.1, 0.15) is 44.1 Å². The van der Waals surface area contributed by atoms with Crippen LogP contribution in [-0.2, 0) is 14.4 Å². The summed E-state index contributed by atoms with van der Waals surface area (Å²) in [6.45, 7) is 1.52. The predicted octanol–water partition coefficient (Wildman–Crippen LogP) is 2.79. The van der Waals surface area contributed by atoms with Crippen LogP contribution in [0, 0.1) is 23.7 Å². The first kappa shape index (κ1) is 9.94. The van der Waals surface area contributed by atoms with E-state index in [-0.39, 0.29) is 35.2 Å². The van der Waals surface area contributed by atoms with E-state index in [2.05, 4.69) is 11.8 Å². The number of carbonyl (C=O) groups excluding carboxylic acids is 1. The second-order valence-corrected chi connectivity index (χ2v) is 6.21. The lowest BCUT2D eigenvalue weighted by Crippen LogP contribution is -2.60. The second kappa shape index (κ2) is 4.32. The first-order valence-electron chi connectivity index (χ1n) is 8.47. The zero-order chi connectivity index (χ0) is 16.3. The molecule has 3 rings (SSSR count). The Balaban J connectivity index is 2.13. The minimum atomic E-state index is -2.38. The molecule has 106 valence electrons. The number of carbonyl (C=O) groups is 1. The predicted molar refractivity (Wildman–Crippen MR) is 69.2 cm³/mol. The second-order valence-electron chi connectivity index (χ2n) is 6.21. The van der Waals surface area contributed by atoms with Crippen molar-refractivity contribution in [2.24, 2.45) is 23.7 Å². The molecule has 3 aliphatic rings. The van der Waals surface area contributed by atoms with Crippen molar-refractivity contribution in [2.75, 3.05) is 0 Å². The highest BCUT2D eigenvalue weighted by Crippen LogP contribution is 2.57. The maximum atomic E-state index is 12.2. The van der Waals surface area contributed by atoms with Gasteiger partial charge in [0.05, 0.1) is 5.92 Å². The van der Waals surface area contributed by atoms with Gasteiger partial charge in [0.2, 0.25) is 0 Å². The molecule has 1 N–H and O–H groups in total. The van der Waals surface area contributed by atoms with E-state index in [9.17, 15) is 10.1 Å². The molecule has 2 aliphatic carbocycles. The van der Waals surface area contributed by atoms with Gasteiger partial charge < -0.3 is 4.74 Å². The Labute approximate surface area is 117 Å². The van der Waals surface area contributed by atoms with E-state index in [1.54, 1.807) is 6.08 Å². The summed E-state index contributed by atoms with van der Waals surface area (Å²) in [6.07, 6.45) is 2.80. The van der Waals surface area contributed by atoms with Crippen molar-refractivity contribution in [2.45, 2.75) is 51.7 Å². The molecule has 0 bridgehead atoms. The van der Waals surface area contributed by atoms with Crippen molar-refractivity contribution in [1.29, 1.82) is 0 Å². The molecule has 0 amide bonds. The van der Waals surface area contributed by atoms with E-state index in [1.165, 1.54) is 0 Å². The van der Waals surface area contributed by atoms with E-state index in [0.29, 0.717) is 6.42 Å². The van der Waals surface area contributed by atoms with Crippen LogP contribution in [0.15, 0.2) is 11.6 Å². The minimum absolute atomic E-state index is 0.0246. The molecule has 1 saturated heterocycles. The molecule has 0 aromatic rings. The Hall–Kier alpha value is -0.870. The van der Waals surface area contributed by atoms with Gasteiger partial charge in [-0.1, -0.05) is 19.9 Å². The van der Waals surface area contributed by atoms with Gasteiger partial charge in [0, 0.05) is 15.9 Å². The minimum Gasteiger partial charge on any atom is -0.455 e. The SMILES string of the molecule is [2H][13C]([2H])([2H])C1=CC[C@H]2[C@H](C)CC[C@H]3[C@@H](C)C(=O)O[C@@]23[C@@H]1OO. The number of ether oxygens (including phenoxy) is 1. The molecule has 6 atom stereocenters. The molecule has 19 heavy (non-hydrogen) atoms. The lowest BCUT2D eigenvalue weighted by Gasteiger charge is -2.52. The standard InChI is InChI=1S/C15H22O4/c1-8-4-7-12-10(3)14(16)18-15(12)11(8)6-5-9(2)13(15)19-17/h5,8,10-13,17H,4,6-7H2,1-3H3/t8-,10-,11+,12+,13-,15+/m1/s1/i2+1D3. The molecule has 0 aromatic heterocycles. The Morgan fingerprint density at radius 2 is 2.26 bits per heavy atom. The summed E-state index contributed by atoms with van der Waals surface area (Å²) in [5.41, 5.74) is -1.01. The maximum absolute atomic E-state index is 12.2. The van der Waals surface area contributed by atoms with E-state index in [4.69, 9.17) is 8.85 Å². The molecule has 0 unspecified atom stereocenters. The third kappa shape index (κ3) is 1.56. The first-order chi connectivity index (χ1) is 10.2. The first-order valence-corrected chi connectivity index (χ1v) is 6.97. The Kier molecular flexibility index (Phi) is 2.26. The highest BCUT2D eigenvalue weighted by molar-refractivity contribution is 5.76. The van der Waals surface area contributed by atoms with E-state index >= 15 is 0 Å². The third-order valence-corrected chi connectivity index (χ3v) is 5.42. The normalized spacial score (nSPS) is 52.2. The Morgan fingerprint density at radius 3 is 2.95 bits per heavy atom. The molecular formula is C15H22O4. The van der Waals surface area contributed by atoms with Gasteiger partial charge in [-0.3, -0.25) is 10.1 Å². The Morgan fingerprint density at radius 1 is 1.47 bits per heavy atom. The average Bonchev–Trinajstić information content (AvgIpc) is 2.68. The fourth-order valence-electron chi connectivity index (χ4n) is 4.41. The van der Waals surface area contributed by atoms with Crippen LogP contribution in [0.5, 0.6) is 0 Å². The van der Waals surface area contributed by atoms with E-state index in [1.807, 2.05) is 6.92 Å². The zero-order valence-electron chi connectivity index (χ0n) is 14.3. The van der Waals surface area contributed by atoms with Crippen LogP contribution in [0.4, 0.5) is 0 Å². The molecule has 1 aliphatic heterocycles. The number of hydrogen-bond acceptors (Lipinski definition) is 4. The van der Waals surface area contributed by atoms with Gasteiger partial charge in [0.15, 0.2) is 11.7 Å². The molecule has 2 fully saturated rings. The Bertz CT molecular complexity index is 515. The van der Waals surface area contributed by atoms with Crippen LogP contribution in [0.2, 0.25) is 0 Å². The average molecular weight is 270 g/mol. The fraction of sp³-hybridized carbons (Fsp3) is 0.800. The summed E-state index contributed by atoms with van der Waals surface area (Å²) >= 11 is 0. The van der Waals surface area contributed by atoms with Gasteiger partial charge in [-0.15, -0.1) is 0 Å². The summed E-state index contributed by atoms with van der Waals surface area (Å²) in [5.74, 6) is -0.490. The highest BCUT2D eigenvalue weighted by atomic mass is 17.1. The van der Waals surface area contributed by atoms with Gasteiger partial charge in [-0.05, 0) is 37.6 Å².